The number of hydrogen-bond acceptors (Lipinski definition) is 2. The van der Waals surface area contributed by atoms with Crippen molar-refractivity contribution in [1.29, 1.82) is 0 Å². The van der Waals surface area contributed by atoms with Crippen molar-refractivity contribution in [2.45, 2.75) is 44.7 Å². The van der Waals surface area contributed by atoms with E-state index < -0.39 is 0 Å². The second kappa shape index (κ2) is 6.91. The van der Waals surface area contributed by atoms with Crippen molar-refractivity contribution in [2.75, 3.05) is 20.1 Å². The summed E-state index contributed by atoms with van der Waals surface area (Å²) in [6.07, 6.45) is 5.34. The van der Waals surface area contributed by atoms with Crippen molar-refractivity contribution in [3.63, 3.8) is 0 Å². The maximum absolute atomic E-state index is 3.64. The van der Waals surface area contributed by atoms with Crippen LogP contribution in [0.1, 0.15) is 44.2 Å². The van der Waals surface area contributed by atoms with Gasteiger partial charge in [-0.25, -0.2) is 0 Å². The lowest BCUT2D eigenvalue weighted by Gasteiger charge is -2.35. The number of likely N-dealkylation sites (tertiary alicyclic amines) is 1. The van der Waals surface area contributed by atoms with Gasteiger partial charge < -0.3 is 10.2 Å². The van der Waals surface area contributed by atoms with E-state index in [1.165, 1.54) is 37.8 Å². The number of hydrogen-bond donors (Lipinski definition) is 1. The molecule has 1 aliphatic rings. The summed E-state index contributed by atoms with van der Waals surface area (Å²) in [6, 6.07) is 12.1. The first-order valence-electron chi connectivity index (χ1n) is 7.30. The standard InChI is InChI=1S/C16H26N2/c1-3-17-16(14-9-5-4-6-10-14)13-15-11-7-8-12-18(15)2/h4-6,9-10,15-17H,3,7-8,11-13H2,1-2H3. The zero-order valence-electron chi connectivity index (χ0n) is 11.7. The van der Waals surface area contributed by atoms with E-state index in [-0.39, 0.29) is 0 Å². The number of nitrogens with one attached hydrogen (secondary N) is 1. The smallest absolute Gasteiger partial charge is 0.0335 e. The van der Waals surface area contributed by atoms with Gasteiger partial charge in [-0.15, -0.1) is 0 Å². The first-order valence-corrected chi connectivity index (χ1v) is 7.30. The Labute approximate surface area is 111 Å². The predicted octanol–water partition coefficient (Wildman–Crippen LogP) is 3.21. The van der Waals surface area contributed by atoms with Crippen LogP contribution in [0.4, 0.5) is 0 Å². The molecule has 1 heterocycles. The second-order valence-corrected chi connectivity index (χ2v) is 5.39. The van der Waals surface area contributed by atoms with Crippen LogP contribution in [0.2, 0.25) is 0 Å². The summed E-state index contributed by atoms with van der Waals surface area (Å²) in [7, 11) is 2.28. The van der Waals surface area contributed by atoms with Gasteiger partial charge in [-0.05, 0) is 45.0 Å². The highest BCUT2D eigenvalue weighted by Gasteiger charge is 2.23. The fourth-order valence-electron chi connectivity index (χ4n) is 2.98. The van der Waals surface area contributed by atoms with Gasteiger partial charge in [-0.2, -0.15) is 0 Å². The Morgan fingerprint density at radius 3 is 2.72 bits per heavy atom. The van der Waals surface area contributed by atoms with E-state index in [1.54, 1.807) is 0 Å². The van der Waals surface area contributed by atoms with Crippen LogP contribution in [0.5, 0.6) is 0 Å². The molecule has 1 aliphatic heterocycles. The lowest BCUT2D eigenvalue weighted by molar-refractivity contribution is 0.163. The molecule has 1 aromatic rings. The zero-order valence-corrected chi connectivity index (χ0v) is 11.7. The van der Waals surface area contributed by atoms with Gasteiger partial charge in [-0.1, -0.05) is 43.7 Å². The summed E-state index contributed by atoms with van der Waals surface area (Å²) in [6.45, 7) is 4.49. The van der Waals surface area contributed by atoms with Gasteiger partial charge in [0.2, 0.25) is 0 Å². The Bertz CT molecular complexity index is 336. The summed E-state index contributed by atoms with van der Waals surface area (Å²) in [5.41, 5.74) is 1.43. The molecule has 18 heavy (non-hydrogen) atoms. The number of piperidine rings is 1. The van der Waals surface area contributed by atoms with Gasteiger partial charge in [0.15, 0.2) is 0 Å². The minimum atomic E-state index is 0.502. The number of nitrogens with zero attached hydrogens (tertiary/aromatic N) is 1. The van der Waals surface area contributed by atoms with E-state index in [0.29, 0.717) is 6.04 Å². The molecule has 0 radical (unpaired) electrons. The summed E-state index contributed by atoms with van der Waals surface area (Å²) in [5, 5.41) is 3.64. The molecule has 1 N–H and O–H groups in total. The lowest BCUT2D eigenvalue weighted by atomic mass is 9.93. The summed E-state index contributed by atoms with van der Waals surface area (Å²) in [5.74, 6) is 0. The van der Waals surface area contributed by atoms with E-state index in [4.69, 9.17) is 0 Å². The monoisotopic (exact) mass is 246 g/mol. The van der Waals surface area contributed by atoms with Crippen LogP contribution in [0.3, 0.4) is 0 Å². The normalized spacial score (nSPS) is 22.9. The molecule has 0 spiro atoms. The van der Waals surface area contributed by atoms with Crippen LogP contribution in [-0.2, 0) is 0 Å². The minimum Gasteiger partial charge on any atom is -0.310 e. The van der Waals surface area contributed by atoms with Crippen LogP contribution in [0, 0.1) is 0 Å². The molecule has 2 rings (SSSR count). The van der Waals surface area contributed by atoms with E-state index >= 15 is 0 Å². The Morgan fingerprint density at radius 1 is 1.28 bits per heavy atom. The predicted molar refractivity (Wildman–Crippen MR) is 77.7 cm³/mol. The average molecular weight is 246 g/mol. The Balaban J connectivity index is 2.01. The van der Waals surface area contributed by atoms with Gasteiger partial charge in [0.05, 0.1) is 0 Å². The largest absolute Gasteiger partial charge is 0.310 e. The third kappa shape index (κ3) is 3.56. The Morgan fingerprint density at radius 2 is 2.06 bits per heavy atom. The van der Waals surface area contributed by atoms with Gasteiger partial charge >= 0.3 is 0 Å². The van der Waals surface area contributed by atoms with Gasteiger partial charge in [0.25, 0.3) is 0 Å². The van der Waals surface area contributed by atoms with Crippen molar-refractivity contribution in [1.82, 2.24) is 10.2 Å². The van der Waals surface area contributed by atoms with Crippen molar-refractivity contribution >= 4 is 0 Å². The Kier molecular flexibility index (Phi) is 5.21. The maximum Gasteiger partial charge on any atom is 0.0335 e. The first-order chi connectivity index (χ1) is 8.81. The summed E-state index contributed by atoms with van der Waals surface area (Å²) < 4.78 is 0. The lowest BCUT2D eigenvalue weighted by Crippen LogP contribution is -2.39. The molecule has 1 aromatic carbocycles. The summed E-state index contributed by atoms with van der Waals surface area (Å²) >= 11 is 0. The molecule has 2 unspecified atom stereocenters. The molecule has 0 amide bonds. The van der Waals surface area contributed by atoms with E-state index in [2.05, 4.69) is 54.5 Å². The van der Waals surface area contributed by atoms with Crippen LogP contribution < -0.4 is 5.32 Å². The average Bonchev–Trinajstić information content (AvgIpc) is 2.42. The number of rotatable bonds is 5. The van der Waals surface area contributed by atoms with Crippen LogP contribution >= 0.6 is 0 Å². The van der Waals surface area contributed by atoms with E-state index in [9.17, 15) is 0 Å². The molecular weight excluding hydrogens is 220 g/mol. The second-order valence-electron chi connectivity index (χ2n) is 5.39. The zero-order chi connectivity index (χ0) is 12.8. The SMILES string of the molecule is CCNC(CC1CCCCN1C)c1ccccc1. The van der Waals surface area contributed by atoms with Crippen molar-refractivity contribution < 1.29 is 0 Å². The first kappa shape index (κ1) is 13.6. The molecule has 1 saturated heterocycles. The Hall–Kier alpha value is -0.860. The van der Waals surface area contributed by atoms with Gasteiger partial charge in [-0.3, -0.25) is 0 Å². The van der Waals surface area contributed by atoms with Gasteiger partial charge in [0, 0.05) is 12.1 Å². The molecule has 2 atom stereocenters. The molecule has 0 saturated carbocycles. The van der Waals surface area contributed by atoms with Crippen molar-refractivity contribution in [3.8, 4) is 0 Å². The quantitative estimate of drug-likeness (QED) is 0.858. The summed E-state index contributed by atoms with van der Waals surface area (Å²) in [4.78, 5) is 2.54. The molecule has 0 aromatic heterocycles. The molecule has 0 bridgehead atoms. The number of benzene rings is 1. The van der Waals surface area contributed by atoms with Crippen molar-refractivity contribution in [3.05, 3.63) is 35.9 Å². The molecule has 2 heteroatoms. The van der Waals surface area contributed by atoms with Crippen LogP contribution in [0.15, 0.2) is 30.3 Å². The fourth-order valence-corrected chi connectivity index (χ4v) is 2.98. The van der Waals surface area contributed by atoms with E-state index in [1.807, 2.05) is 0 Å². The molecule has 0 aliphatic carbocycles. The van der Waals surface area contributed by atoms with E-state index in [0.717, 1.165) is 12.6 Å². The van der Waals surface area contributed by atoms with Crippen LogP contribution in [-0.4, -0.2) is 31.1 Å². The molecule has 2 nitrogen and oxygen atoms in total. The third-order valence-corrected chi connectivity index (χ3v) is 4.08. The topological polar surface area (TPSA) is 15.3 Å². The maximum atomic E-state index is 3.64. The fraction of sp³-hybridized carbons (Fsp3) is 0.625. The van der Waals surface area contributed by atoms with Crippen LogP contribution in [0.25, 0.3) is 0 Å². The molecular formula is C16H26N2. The van der Waals surface area contributed by atoms with Gasteiger partial charge in [0.1, 0.15) is 0 Å². The minimum absolute atomic E-state index is 0.502. The highest BCUT2D eigenvalue weighted by Crippen LogP contribution is 2.25. The highest BCUT2D eigenvalue weighted by atomic mass is 15.1. The molecule has 1 fully saturated rings. The highest BCUT2D eigenvalue weighted by molar-refractivity contribution is 5.19. The molecule has 100 valence electrons. The third-order valence-electron chi connectivity index (χ3n) is 4.08. The van der Waals surface area contributed by atoms with Crippen molar-refractivity contribution in [2.24, 2.45) is 0 Å².